The average Bonchev–Trinajstić information content (AvgIpc) is 4.06. The van der Waals surface area contributed by atoms with Crippen molar-refractivity contribution in [3.8, 4) is 5.75 Å². The van der Waals surface area contributed by atoms with Gasteiger partial charge in [0.1, 0.15) is 35.1 Å². The lowest BCUT2D eigenvalue weighted by Crippen LogP contribution is -2.58. The third kappa shape index (κ3) is 9.41. The predicted molar refractivity (Wildman–Crippen MR) is 203 cm³/mol. The third-order valence-corrected chi connectivity index (χ3v) is 12.9. The number of hydrogen-bond donors (Lipinski definition) is 3. The first-order chi connectivity index (χ1) is 26.5. The lowest BCUT2D eigenvalue weighted by atomic mass is 9.93. The molecule has 1 aromatic rings. The second kappa shape index (κ2) is 16.6. The zero-order chi connectivity index (χ0) is 40.4. The normalized spacial score (nSPS) is 28.9. The van der Waals surface area contributed by atoms with E-state index in [1.54, 1.807) is 39.9 Å². The quantitative estimate of drug-likeness (QED) is 0.326. The highest BCUT2D eigenvalue weighted by Gasteiger charge is 2.62. The van der Waals surface area contributed by atoms with E-state index < -0.39 is 86.5 Å². The molecule has 1 saturated heterocycles. The van der Waals surface area contributed by atoms with Gasteiger partial charge in [-0.2, -0.15) is 0 Å². The number of nitrogens with one attached hydrogen (secondary N) is 3. The molecule has 6 rings (SSSR count). The molecule has 5 amide bonds. The van der Waals surface area contributed by atoms with Crippen LogP contribution >= 0.6 is 0 Å². The van der Waals surface area contributed by atoms with Crippen molar-refractivity contribution < 1.29 is 51.3 Å². The van der Waals surface area contributed by atoms with E-state index in [0.717, 1.165) is 24.0 Å². The Bertz CT molecular complexity index is 1830. The summed E-state index contributed by atoms with van der Waals surface area (Å²) in [5, 5.41) is 4.88. The van der Waals surface area contributed by atoms with Gasteiger partial charge >= 0.3 is 12.2 Å². The minimum absolute atomic E-state index is 0.0996. The van der Waals surface area contributed by atoms with Crippen molar-refractivity contribution in [2.75, 3.05) is 33.9 Å². The van der Waals surface area contributed by atoms with Crippen LogP contribution in [0.25, 0.3) is 0 Å². The van der Waals surface area contributed by atoms with Crippen molar-refractivity contribution in [1.29, 1.82) is 0 Å². The molecular formula is C39H55N5O11S. The average molecular weight is 802 g/mol. The Labute approximate surface area is 328 Å². The number of carbonyl (C=O) groups excluding carboxylic acids is 5. The van der Waals surface area contributed by atoms with Gasteiger partial charge in [-0.1, -0.05) is 31.1 Å². The van der Waals surface area contributed by atoms with E-state index in [0.29, 0.717) is 44.4 Å². The molecule has 1 aromatic carbocycles. The van der Waals surface area contributed by atoms with Crippen LogP contribution in [0.4, 0.5) is 9.59 Å². The molecule has 3 heterocycles. The number of benzene rings is 1. The lowest BCUT2D eigenvalue weighted by Gasteiger charge is -2.37. The Morgan fingerprint density at radius 1 is 1.05 bits per heavy atom. The molecule has 0 bridgehead atoms. The number of allylic oxidation sites excluding steroid dienone is 1. The van der Waals surface area contributed by atoms with Crippen LogP contribution in [0.1, 0.15) is 95.7 Å². The van der Waals surface area contributed by atoms with Gasteiger partial charge < -0.3 is 34.5 Å². The molecule has 56 heavy (non-hydrogen) atoms. The van der Waals surface area contributed by atoms with Crippen LogP contribution in [0.2, 0.25) is 0 Å². The fourth-order valence-corrected chi connectivity index (χ4v) is 9.24. The number of sulfonamides is 1. The van der Waals surface area contributed by atoms with Gasteiger partial charge in [0.15, 0.2) is 0 Å². The fourth-order valence-electron chi connectivity index (χ4n) is 7.88. The zero-order valence-electron chi connectivity index (χ0n) is 32.8. The number of amides is 5. The van der Waals surface area contributed by atoms with E-state index in [2.05, 4.69) is 15.4 Å². The number of methoxy groups -OCH3 is 2. The number of alkyl carbamates (subject to hydrolysis) is 1. The summed E-state index contributed by atoms with van der Waals surface area (Å²) < 4.78 is 50.3. The van der Waals surface area contributed by atoms with Gasteiger partial charge in [-0.15, -0.1) is 0 Å². The topological polar surface area (TPSA) is 199 Å². The number of ether oxygens (including phenoxy) is 4. The second-order valence-electron chi connectivity index (χ2n) is 16.4. The SMILES string of the molecule is COC[C@@H]1c2ccc(OC)cc2CCN1C(=O)O[C@@H]1CC2C(=O)N[C@]3(C(=O)NS(=O)(=O)C4CC4)C[C@H]3/C=C/CCCCC[C@H](NC(=O)OC(C)(C)C)C(=O)N2C1. The molecule has 5 aliphatic rings. The first kappa shape index (κ1) is 41.3. The maximum Gasteiger partial charge on any atom is 0.410 e. The van der Waals surface area contributed by atoms with Gasteiger partial charge in [0.25, 0.3) is 5.91 Å². The molecule has 2 saturated carbocycles. The first-order valence-electron chi connectivity index (χ1n) is 19.5. The molecule has 3 N–H and O–H groups in total. The molecule has 1 unspecified atom stereocenters. The van der Waals surface area contributed by atoms with Crippen molar-refractivity contribution in [2.45, 2.75) is 126 Å². The van der Waals surface area contributed by atoms with E-state index in [1.165, 1.54) is 4.90 Å². The summed E-state index contributed by atoms with van der Waals surface area (Å²) in [5.41, 5.74) is -0.478. The van der Waals surface area contributed by atoms with Gasteiger partial charge in [0, 0.05) is 26.0 Å². The molecule has 3 fully saturated rings. The number of carbonyl (C=O) groups is 5. The van der Waals surface area contributed by atoms with Gasteiger partial charge in [0.2, 0.25) is 21.8 Å². The first-order valence-corrected chi connectivity index (χ1v) is 21.1. The Morgan fingerprint density at radius 2 is 1.82 bits per heavy atom. The Balaban J connectivity index is 1.27. The van der Waals surface area contributed by atoms with Crippen molar-refractivity contribution in [1.82, 2.24) is 25.2 Å². The van der Waals surface area contributed by atoms with E-state index in [-0.39, 0.29) is 32.4 Å². The summed E-state index contributed by atoms with van der Waals surface area (Å²) in [6, 6.07) is 2.90. The summed E-state index contributed by atoms with van der Waals surface area (Å²) in [4.78, 5) is 72.4. The van der Waals surface area contributed by atoms with Gasteiger partial charge in [-0.05, 0) is 89.0 Å². The van der Waals surface area contributed by atoms with E-state index in [9.17, 15) is 32.4 Å². The number of fused-ring (bicyclic) bond motifs is 3. The molecule has 308 valence electrons. The minimum Gasteiger partial charge on any atom is -0.497 e. The number of nitrogens with zero attached hydrogens (tertiary/aromatic N) is 2. The highest BCUT2D eigenvalue weighted by molar-refractivity contribution is 7.91. The molecule has 6 atom stereocenters. The largest absolute Gasteiger partial charge is 0.497 e. The monoisotopic (exact) mass is 801 g/mol. The standard InChI is InChI=1S/C39H55N5O11S/c1-38(2,3)55-36(48)40-30-12-10-8-6-7-9-11-25-21-39(25,35(47)42-56(50,51)28-14-15-28)41-33(45)31-20-27(22-44(31)34(30)46)54-37(49)43-18-17-24-19-26(53-5)13-16-29(24)32(43)23-52-4/h9,11,13,16,19,25,27-28,30-32H,6-8,10,12,14-15,17-18,20-23H2,1-5H3,(H,40,48)(H,41,45)(H,42,47)/b11-9+/t25-,27-,30+,31?,32-,39-/m1/s1. The molecular weight excluding hydrogens is 747 g/mol. The third-order valence-electron chi connectivity index (χ3n) is 11.1. The van der Waals surface area contributed by atoms with Gasteiger partial charge in [-0.3, -0.25) is 24.0 Å². The summed E-state index contributed by atoms with van der Waals surface area (Å²) in [6.07, 6.45) is 5.92. The molecule has 0 radical (unpaired) electrons. The Kier molecular flexibility index (Phi) is 12.2. The smallest absolute Gasteiger partial charge is 0.410 e. The van der Waals surface area contributed by atoms with Gasteiger partial charge in [0.05, 0.1) is 31.6 Å². The molecule has 3 aliphatic heterocycles. The van der Waals surface area contributed by atoms with Crippen LogP contribution in [0.5, 0.6) is 5.75 Å². The summed E-state index contributed by atoms with van der Waals surface area (Å²) in [5.74, 6) is -1.86. The Morgan fingerprint density at radius 3 is 2.52 bits per heavy atom. The van der Waals surface area contributed by atoms with E-state index >= 15 is 0 Å². The molecule has 16 nitrogen and oxygen atoms in total. The van der Waals surface area contributed by atoms with Crippen molar-refractivity contribution >= 4 is 39.9 Å². The predicted octanol–water partition coefficient (Wildman–Crippen LogP) is 3.24. The van der Waals surface area contributed by atoms with Crippen LogP contribution in [0.15, 0.2) is 30.4 Å². The van der Waals surface area contributed by atoms with Crippen LogP contribution < -0.4 is 20.1 Å². The van der Waals surface area contributed by atoms with E-state index in [1.807, 2.05) is 30.4 Å². The van der Waals surface area contributed by atoms with Crippen LogP contribution in [0, 0.1) is 5.92 Å². The van der Waals surface area contributed by atoms with E-state index in [4.69, 9.17) is 18.9 Å². The maximum absolute atomic E-state index is 14.5. The Hall–Kier alpha value is -4.38. The molecule has 0 spiro atoms. The highest BCUT2D eigenvalue weighted by atomic mass is 32.2. The van der Waals surface area contributed by atoms with Crippen LogP contribution in [-0.4, -0.2) is 117 Å². The van der Waals surface area contributed by atoms with Gasteiger partial charge in [-0.25, -0.2) is 18.0 Å². The van der Waals surface area contributed by atoms with Crippen molar-refractivity contribution in [2.24, 2.45) is 5.92 Å². The lowest BCUT2D eigenvalue weighted by molar-refractivity contribution is -0.141. The van der Waals surface area contributed by atoms with Crippen LogP contribution in [-0.2, 0) is 45.0 Å². The van der Waals surface area contributed by atoms with Crippen molar-refractivity contribution in [3.05, 3.63) is 41.5 Å². The summed E-state index contributed by atoms with van der Waals surface area (Å²) >= 11 is 0. The number of rotatable bonds is 8. The highest BCUT2D eigenvalue weighted by Crippen LogP contribution is 2.46. The maximum atomic E-state index is 14.5. The minimum atomic E-state index is -3.92. The van der Waals surface area contributed by atoms with Crippen molar-refractivity contribution in [3.63, 3.8) is 0 Å². The summed E-state index contributed by atoms with van der Waals surface area (Å²) in [6.45, 7) is 5.48. The molecule has 0 aromatic heterocycles. The van der Waals surface area contributed by atoms with Crippen LogP contribution in [0.3, 0.4) is 0 Å². The fraction of sp³-hybridized carbons (Fsp3) is 0.667. The number of hydrogen-bond acceptors (Lipinski definition) is 11. The summed E-state index contributed by atoms with van der Waals surface area (Å²) in [7, 11) is -0.787. The molecule has 2 aliphatic carbocycles. The second-order valence-corrected chi connectivity index (χ2v) is 18.4. The zero-order valence-corrected chi connectivity index (χ0v) is 33.7. The molecule has 17 heteroatoms.